The first-order chi connectivity index (χ1) is 22.5. The number of esters is 1. The van der Waals surface area contributed by atoms with Crippen molar-refractivity contribution in [2.24, 2.45) is 0 Å². The number of carbonyl (C=O) groups is 1. The summed E-state index contributed by atoms with van der Waals surface area (Å²) >= 11 is 0. The van der Waals surface area contributed by atoms with Gasteiger partial charge < -0.3 is 4.74 Å². The molecule has 0 heterocycles. The third-order valence-corrected chi connectivity index (χ3v) is 6.44. The van der Waals surface area contributed by atoms with Gasteiger partial charge in [0.2, 0.25) is 0 Å². The van der Waals surface area contributed by atoms with E-state index in [1.807, 2.05) is 0 Å². The van der Waals surface area contributed by atoms with Crippen molar-refractivity contribution in [3.63, 3.8) is 0 Å². The number of hydrogen-bond acceptors (Lipinski definition) is 2. The zero-order valence-corrected chi connectivity index (χ0v) is 23.2. The van der Waals surface area contributed by atoms with Gasteiger partial charge in [-0.25, -0.2) is 9.18 Å². The van der Waals surface area contributed by atoms with E-state index in [2.05, 4.69) is 11.3 Å². The Morgan fingerprint density at radius 3 is 0.792 bits per heavy atom. The summed E-state index contributed by atoms with van der Waals surface area (Å²) in [4.78, 5) is 10.6. The standard InChI is InChI=1S/C20H7F31O2/c1-2-5(52)53-4-3-6(21,22)8(24,25)10(28,29)12(32,33)14(36,37)16(40,41)18(44,45)17(42,43)15(38,39)13(34,35)11(30,31)9(26,27)7(23,19(46,47)48)20(49,50)51/h2H,1,3-4H2. The van der Waals surface area contributed by atoms with E-state index in [1.165, 1.54) is 0 Å². The number of halogens is 31. The Kier molecular flexibility index (Phi) is 12.1. The van der Waals surface area contributed by atoms with Crippen molar-refractivity contribution < 1.29 is 146 Å². The van der Waals surface area contributed by atoms with Crippen LogP contribution in [0.1, 0.15) is 6.42 Å². The lowest BCUT2D eigenvalue weighted by Gasteiger charge is -2.47. The smallest absolute Gasteiger partial charge is 0.438 e. The molecule has 0 aromatic carbocycles. The normalized spacial score (nSPS) is 16.5. The van der Waals surface area contributed by atoms with Gasteiger partial charge in [0.25, 0.3) is 0 Å². The monoisotopic (exact) mass is 868 g/mol. The summed E-state index contributed by atoms with van der Waals surface area (Å²) in [7, 11) is 0. The Hall–Kier alpha value is -2.96. The van der Waals surface area contributed by atoms with Gasteiger partial charge >= 0.3 is 95.1 Å². The summed E-state index contributed by atoms with van der Waals surface area (Å²) in [5, 5.41) is 0. The third kappa shape index (κ3) is 6.22. The fraction of sp³-hybridized carbons (Fsp3) is 0.850. The highest BCUT2D eigenvalue weighted by atomic mass is 19.4. The van der Waals surface area contributed by atoms with Crippen LogP contribution in [0.3, 0.4) is 0 Å². The largest absolute Gasteiger partial charge is 0.462 e. The van der Waals surface area contributed by atoms with Gasteiger partial charge in [0.1, 0.15) is 0 Å². The maximum absolute atomic E-state index is 13.9. The molecule has 0 N–H and O–H groups in total. The van der Waals surface area contributed by atoms with Crippen LogP contribution in [-0.4, -0.2) is 102 Å². The van der Waals surface area contributed by atoms with E-state index in [0.29, 0.717) is 0 Å². The molecular weight excluding hydrogens is 861 g/mol. The van der Waals surface area contributed by atoms with Gasteiger partial charge in [-0.3, -0.25) is 0 Å². The molecule has 53 heavy (non-hydrogen) atoms. The van der Waals surface area contributed by atoms with E-state index in [-0.39, 0.29) is 6.08 Å². The van der Waals surface area contributed by atoms with E-state index in [9.17, 15) is 141 Å². The number of hydrogen-bond donors (Lipinski definition) is 0. The molecule has 0 aliphatic heterocycles. The molecule has 0 bridgehead atoms. The molecule has 0 aromatic heterocycles. The second kappa shape index (κ2) is 12.8. The van der Waals surface area contributed by atoms with E-state index in [1.54, 1.807) is 0 Å². The van der Waals surface area contributed by atoms with Gasteiger partial charge in [-0.15, -0.1) is 0 Å². The molecule has 0 saturated heterocycles. The average molecular weight is 868 g/mol. The minimum absolute atomic E-state index is 0.0387. The van der Waals surface area contributed by atoms with Crippen LogP contribution in [0.4, 0.5) is 136 Å². The van der Waals surface area contributed by atoms with Crippen molar-refractivity contribution in [1.82, 2.24) is 0 Å². The maximum Gasteiger partial charge on any atom is 0.438 e. The quantitative estimate of drug-likeness (QED) is 0.0878. The predicted octanol–water partition coefficient (Wildman–Crippen LogP) is 10.6. The van der Waals surface area contributed by atoms with Crippen LogP contribution in [0.2, 0.25) is 0 Å². The minimum atomic E-state index is -10.1. The third-order valence-electron chi connectivity index (χ3n) is 6.44. The molecule has 0 amide bonds. The summed E-state index contributed by atoms with van der Waals surface area (Å²) in [6.45, 7) is 0.127. The van der Waals surface area contributed by atoms with Gasteiger partial charge in [0.05, 0.1) is 13.0 Å². The van der Waals surface area contributed by atoms with Crippen molar-refractivity contribution in [3.05, 3.63) is 12.7 Å². The van der Waals surface area contributed by atoms with Crippen LogP contribution in [0.15, 0.2) is 12.7 Å². The van der Waals surface area contributed by atoms with Crippen LogP contribution in [0, 0.1) is 0 Å². The molecule has 0 unspecified atom stereocenters. The molecule has 33 heteroatoms. The Bertz CT molecular complexity index is 1330. The molecule has 0 fully saturated rings. The Labute approximate surface area is 267 Å². The van der Waals surface area contributed by atoms with E-state index in [0.717, 1.165) is 0 Å². The maximum atomic E-state index is 13.9. The lowest BCUT2D eigenvalue weighted by molar-refractivity contribution is -0.490. The number of alkyl halides is 31. The summed E-state index contributed by atoms with van der Waals surface area (Å²) in [5.41, 5.74) is -9.38. The van der Waals surface area contributed by atoms with Crippen LogP contribution in [-0.2, 0) is 9.53 Å². The second-order valence-corrected chi connectivity index (χ2v) is 9.80. The molecule has 0 aromatic rings. The van der Waals surface area contributed by atoms with Gasteiger partial charge in [-0.2, -0.15) is 132 Å². The number of carbonyl (C=O) groups excluding carboxylic acids is 1. The topological polar surface area (TPSA) is 26.3 Å². The van der Waals surface area contributed by atoms with Gasteiger partial charge in [-0.05, 0) is 0 Å². The van der Waals surface area contributed by atoms with Crippen molar-refractivity contribution >= 4 is 5.97 Å². The van der Waals surface area contributed by atoms with Crippen molar-refractivity contribution in [1.29, 1.82) is 0 Å². The predicted molar refractivity (Wildman–Crippen MR) is 101 cm³/mol. The summed E-state index contributed by atoms with van der Waals surface area (Å²) in [6.07, 6.45) is -21.0. The first-order valence-electron chi connectivity index (χ1n) is 11.6. The highest BCUT2D eigenvalue weighted by Crippen LogP contribution is 2.70. The minimum Gasteiger partial charge on any atom is -0.462 e. The molecule has 0 aliphatic carbocycles. The molecule has 0 spiro atoms. The highest BCUT2D eigenvalue weighted by molar-refractivity contribution is 5.81. The molecule has 2 nitrogen and oxygen atoms in total. The fourth-order valence-corrected chi connectivity index (χ4v) is 3.23. The summed E-state index contributed by atoms with van der Waals surface area (Å²) in [6, 6.07) is 0. The molecule has 0 aliphatic rings. The number of rotatable bonds is 16. The Morgan fingerprint density at radius 2 is 0.585 bits per heavy atom. The molecule has 0 rings (SSSR count). The van der Waals surface area contributed by atoms with Gasteiger partial charge in [0.15, 0.2) is 0 Å². The second-order valence-electron chi connectivity index (χ2n) is 9.80. The van der Waals surface area contributed by atoms with Crippen molar-refractivity contribution in [2.45, 2.75) is 95.5 Å². The molecule has 0 atom stereocenters. The lowest BCUT2D eigenvalue weighted by Crippen LogP contribution is -2.80. The molecule has 0 saturated carbocycles. The first kappa shape index (κ1) is 50.0. The zero-order valence-electron chi connectivity index (χ0n) is 23.2. The zero-order chi connectivity index (χ0) is 43.9. The Balaban J connectivity index is 7.59. The van der Waals surface area contributed by atoms with Crippen molar-refractivity contribution in [2.75, 3.05) is 6.61 Å². The van der Waals surface area contributed by atoms with E-state index >= 15 is 0 Å². The molecule has 316 valence electrons. The molecule has 0 radical (unpaired) electrons. The number of ether oxygens (including phenoxy) is 1. The Morgan fingerprint density at radius 1 is 0.377 bits per heavy atom. The fourth-order valence-electron chi connectivity index (χ4n) is 3.23. The van der Waals surface area contributed by atoms with Gasteiger partial charge in [0, 0.05) is 6.08 Å². The lowest BCUT2D eigenvalue weighted by atomic mass is 9.81. The summed E-state index contributed by atoms with van der Waals surface area (Å²) in [5.74, 6) is -116. The molecular formula is C20H7F31O2. The average Bonchev–Trinajstić information content (AvgIpc) is 2.93. The van der Waals surface area contributed by atoms with Crippen LogP contribution in [0.25, 0.3) is 0 Å². The first-order valence-corrected chi connectivity index (χ1v) is 11.6. The van der Waals surface area contributed by atoms with Crippen LogP contribution >= 0.6 is 0 Å². The van der Waals surface area contributed by atoms with Gasteiger partial charge in [-0.1, -0.05) is 6.58 Å². The van der Waals surface area contributed by atoms with E-state index < -0.39 is 108 Å². The van der Waals surface area contributed by atoms with Crippen LogP contribution < -0.4 is 0 Å². The van der Waals surface area contributed by atoms with Crippen LogP contribution in [0.5, 0.6) is 0 Å². The summed E-state index contributed by atoms with van der Waals surface area (Å²) < 4.78 is 423. The van der Waals surface area contributed by atoms with Crippen molar-refractivity contribution in [3.8, 4) is 0 Å². The SMILES string of the molecule is C=CC(=O)OCCC(F)(F)C(F)(F)C(F)(F)C(F)(F)C(F)(F)C(F)(F)C(F)(F)C(F)(F)C(F)(F)C(F)(F)C(F)(F)C(F)(F)C(F)(C(F)(F)F)C(F)(F)F. The highest BCUT2D eigenvalue weighted by Gasteiger charge is 3.02. The van der Waals surface area contributed by atoms with E-state index in [4.69, 9.17) is 0 Å².